The van der Waals surface area contributed by atoms with E-state index < -0.39 is 36.1 Å². The highest BCUT2D eigenvalue weighted by atomic mass is 16.6. The summed E-state index contributed by atoms with van der Waals surface area (Å²) >= 11 is 0. The maximum Gasteiger partial charge on any atom is 0.347 e. The molecule has 0 unspecified atom stereocenters. The molecule has 0 bridgehead atoms. The van der Waals surface area contributed by atoms with Gasteiger partial charge >= 0.3 is 23.9 Å². The quantitative estimate of drug-likeness (QED) is 0.286. The summed E-state index contributed by atoms with van der Waals surface area (Å²) in [6, 6.07) is 5.63. The van der Waals surface area contributed by atoms with E-state index in [-0.39, 0.29) is 24.3 Å². The average Bonchev–Trinajstić information content (AvgIpc) is 2.73. The minimum atomic E-state index is -1.08. The van der Waals surface area contributed by atoms with E-state index >= 15 is 0 Å². The Labute approximate surface area is 176 Å². The molecule has 0 aliphatic carbocycles. The Bertz CT molecular complexity index is 670. The van der Waals surface area contributed by atoms with Crippen LogP contribution in [0.3, 0.4) is 0 Å². The molecule has 1 aromatic rings. The van der Waals surface area contributed by atoms with Crippen LogP contribution in [0.15, 0.2) is 24.3 Å². The molecule has 0 saturated heterocycles. The molecule has 0 amide bonds. The summed E-state index contributed by atoms with van der Waals surface area (Å²) in [7, 11) is 0. The predicted molar refractivity (Wildman–Crippen MR) is 108 cm³/mol. The van der Waals surface area contributed by atoms with E-state index in [4.69, 9.17) is 18.9 Å². The standard InChI is InChI=1S/C22H30O8/c1-5-7-12-27-19(23)15(3)29-21(25)17-10-9-11-18(14-17)22(26)30-16(4)20(24)28-13-8-6-2/h9-11,14-16H,5-8,12-13H2,1-4H3/t15-,16-/m0/s1. The van der Waals surface area contributed by atoms with Gasteiger partial charge in [0.2, 0.25) is 0 Å². The second kappa shape index (κ2) is 13.3. The summed E-state index contributed by atoms with van der Waals surface area (Å²) in [6.45, 7) is 7.28. The Kier molecular flexibility index (Phi) is 11.2. The first-order valence-electron chi connectivity index (χ1n) is 10.1. The van der Waals surface area contributed by atoms with Gasteiger partial charge in [-0.05, 0) is 44.9 Å². The van der Waals surface area contributed by atoms with Crippen molar-refractivity contribution >= 4 is 23.9 Å². The van der Waals surface area contributed by atoms with Crippen molar-refractivity contribution in [3.8, 4) is 0 Å². The molecule has 1 rings (SSSR count). The van der Waals surface area contributed by atoms with Crippen LogP contribution in [0.5, 0.6) is 0 Å². The van der Waals surface area contributed by atoms with Gasteiger partial charge in [0.05, 0.1) is 24.3 Å². The molecular formula is C22H30O8. The van der Waals surface area contributed by atoms with Gasteiger partial charge in [0.1, 0.15) is 0 Å². The van der Waals surface area contributed by atoms with Crippen LogP contribution in [0.1, 0.15) is 74.1 Å². The zero-order valence-corrected chi connectivity index (χ0v) is 18.0. The topological polar surface area (TPSA) is 105 Å². The van der Waals surface area contributed by atoms with E-state index in [2.05, 4.69) is 0 Å². The van der Waals surface area contributed by atoms with E-state index in [1.165, 1.54) is 38.1 Å². The Morgan fingerprint density at radius 3 is 1.53 bits per heavy atom. The molecule has 1 aromatic carbocycles. The molecule has 8 nitrogen and oxygen atoms in total. The van der Waals surface area contributed by atoms with Gasteiger partial charge in [0, 0.05) is 0 Å². The molecule has 0 aliphatic heterocycles. The fourth-order valence-electron chi connectivity index (χ4n) is 2.20. The third-order valence-corrected chi connectivity index (χ3v) is 4.05. The normalized spacial score (nSPS) is 12.4. The number of rotatable bonds is 12. The third-order valence-electron chi connectivity index (χ3n) is 4.05. The third kappa shape index (κ3) is 8.63. The number of carbonyl (C=O) groups excluding carboxylic acids is 4. The van der Waals surface area contributed by atoms with Crippen LogP contribution in [0.25, 0.3) is 0 Å². The second-order valence-corrected chi connectivity index (χ2v) is 6.72. The van der Waals surface area contributed by atoms with E-state index in [0.29, 0.717) is 0 Å². The molecule has 0 aliphatic rings. The van der Waals surface area contributed by atoms with Crippen molar-refractivity contribution in [2.24, 2.45) is 0 Å². The molecule has 0 aromatic heterocycles. The first-order valence-corrected chi connectivity index (χ1v) is 10.1. The number of hydrogen-bond donors (Lipinski definition) is 0. The SMILES string of the molecule is CCCCOC(=O)[C@H](C)OC(=O)c1cccc(C(=O)O[C@@H](C)C(=O)OCCCC)c1. The fourth-order valence-corrected chi connectivity index (χ4v) is 2.20. The van der Waals surface area contributed by atoms with Crippen LogP contribution >= 0.6 is 0 Å². The number of benzene rings is 1. The largest absolute Gasteiger partial charge is 0.463 e. The van der Waals surface area contributed by atoms with Crippen molar-refractivity contribution < 1.29 is 38.1 Å². The molecule has 8 heteroatoms. The van der Waals surface area contributed by atoms with Gasteiger partial charge in [-0.3, -0.25) is 0 Å². The smallest absolute Gasteiger partial charge is 0.347 e. The van der Waals surface area contributed by atoms with E-state index in [0.717, 1.165) is 25.7 Å². The van der Waals surface area contributed by atoms with Gasteiger partial charge in [-0.15, -0.1) is 0 Å². The molecule has 0 N–H and O–H groups in total. The summed E-state index contributed by atoms with van der Waals surface area (Å²) in [5, 5.41) is 0. The molecular weight excluding hydrogens is 392 g/mol. The lowest BCUT2D eigenvalue weighted by molar-refractivity contribution is -0.153. The number of ether oxygens (including phenoxy) is 4. The van der Waals surface area contributed by atoms with Crippen LogP contribution in [0, 0.1) is 0 Å². The van der Waals surface area contributed by atoms with E-state index in [1.807, 2.05) is 13.8 Å². The highest BCUT2D eigenvalue weighted by molar-refractivity contribution is 5.96. The molecule has 0 spiro atoms. The van der Waals surface area contributed by atoms with Crippen molar-refractivity contribution in [1.82, 2.24) is 0 Å². The van der Waals surface area contributed by atoms with Crippen LogP contribution in [-0.2, 0) is 28.5 Å². The summed E-state index contributed by atoms with van der Waals surface area (Å²) in [6.07, 6.45) is 1.03. The molecule has 0 fully saturated rings. The van der Waals surface area contributed by atoms with Crippen molar-refractivity contribution in [1.29, 1.82) is 0 Å². The molecule has 0 heterocycles. The second-order valence-electron chi connectivity index (χ2n) is 6.72. The molecule has 0 radical (unpaired) electrons. The lowest BCUT2D eigenvalue weighted by Gasteiger charge is -2.14. The van der Waals surface area contributed by atoms with Crippen LogP contribution in [0.4, 0.5) is 0 Å². The lowest BCUT2D eigenvalue weighted by atomic mass is 10.1. The van der Waals surface area contributed by atoms with Crippen LogP contribution < -0.4 is 0 Å². The zero-order chi connectivity index (χ0) is 22.5. The Hall–Kier alpha value is -2.90. The predicted octanol–water partition coefficient (Wildman–Crippen LogP) is 3.46. The fraction of sp³-hybridized carbons (Fsp3) is 0.545. The van der Waals surface area contributed by atoms with Gasteiger partial charge in [-0.25, -0.2) is 19.2 Å². The van der Waals surface area contributed by atoms with E-state index in [1.54, 1.807) is 0 Å². The van der Waals surface area contributed by atoms with Gasteiger partial charge < -0.3 is 18.9 Å². The van der Waals surface area contributed by atoms with Gasteiger partial charge in [-0.1, -0.05) is 32.8 Å². The molecule has 166 valence electrons. The summed E-state index contributed by atoms with van der Waals surface area (Å²) in [5.74, 6) is -2.83. The Balaban J connectivity index is 2.66. The average molecular weight is 422 g/mol. The van der Waals surface area contributed by atoms with Crippen LogP contribution in [0.2, 0.25) is 0 Å². The monoisotopic (exact) mass is 422 g/mol. The zero-order valence-electron chi connectivity index (χ0n) is 18.0. The summed E-state index contributed by atoms with van der Waals surface area (Å²) in [4.78, 5) is 48.2. The van der Waals surface area contributed by atoms with Crippen LogP contribution in [-0.4, -0.2) is 49.3 Å². The number of esters is 4. The first kappa shape index (κ1) is 25.1. The minimum absolute atomic E-state index is 0.0656. The maximum atomic E-state index is 12.3. The molecule has 30 heavy (non-hydrogen) atoms. The molecule has 2 atom stereocenters. The van der Waals surface area contributed by atoms with Crippen molar-refractivity contribution in [2.45, 2.75) is 65.6 Å². The lowest BCUT2D eigenvalue weighted by Crippen LogP contribution is -2.27. The summed E-state index contributed by atoms with van der Waals surface area (Å²) < 4.78 is 20.2. The number of carbonyl (C=O) groups is 4. The Morgan fingerprint density at radius 1 is 0.767 bits per heavy atom. The van der Waals surface area contributed by atoms with Gasteiger partial charge in [0.25, 0.3) is 0 Å². The van der Waals surface area contributed by atoms with Crippen molar-refractivity contribution in [3.05, 3.63) is 35.4 Å². The maximum absolute atomic E-state index is 12.3. The highest BCUT2D eigenvalue weighted by Crippen LogP contribution is 2.12. The van der Waals surface area contributed by atoms with Gasteiger partial charge in [0.15, 0.2) is 12.2 Å². The Morgan fingerprint density at radius 2 is 1.17 bits per heavy atom. The first-order chi connectivity index (χ1) is 14.3. The van der Waals surface area contributed by atoms with Crippen molar-refractivity contribution in [2.75, 3.05) is 13.2 Å². The van der Waals surface area contributed by atoms with Gasteiger partial charge in [-0.2, -0.15) is 0 Å². The number of hydrogen-bond acceptors (Lipinski definition) is 8. The van der Waals surface area contributed by atoms with Crippen molar-refractivity contribution in [3.63, 3.8) is 0 Å². The van der Waals surface area contributed by atoms with E-state index in [9.17, 15) is 19.2 Å². The summed E-state index contributed by atoms with van der Waals surface area (Å²) in [5.41, 5.74) is 0.131. The number of unbranched alkanes of at least 4 members (excludes halogenated alkanes) is 2. The molecule has 0 saturated carbocycles. The minimum Gasteiger partial charge on any atom is -0.463 e. The highest BCUT2D eigenvalue weighted by Gasteiger charge is 2.23.